The van der Waals surface area contributed by atoms with E-state index in [2.05, 4.69) is 13.3 Å². The molecule has 2 fully saturated rings. The van der Waals surface area contributed by atoms with Gasteiger partial charge in [-0.15, -0.1) is 0 Å². The summed E-state index contributed by atoms with van der Waals surface area (Å²) in [7, 11) is 0. The summed E-state index contributed by atoms with van der Waals surface area (Å²) in [5.41, 5.74) is 0. The van der Waals surface area contributed by atoms with Crippen LogP contribution in [0.15, 0.2) is 0 Å². The maximum absolute atomic E-state index is 6.33. The van der Waals surface area contributed by atoms with Crippen LogP contribution in [0.3, 0.4) is 0 Å². The molecule has 0 bridgehead atoms. The first-order valence-corrected chi connectivity index (χ1v) is 16.2. The molecule has 0 heterocycles. The van der Waals surface area contributed by atoms with Crippen molar-refractivity contribution < 1.29 is 9.47 Å². The Morgan fingerprint density at radius 1 is 0.514 bits per heavy atom. The first kappa shape index (κ1) is 31.1. The highest BCUT2D eigenvalue weighted by molar-refractivity contribution is 4.76. The van der Waals surface area contributed by atoms with Crippen molar-refractivity contribution in [3.8, 4) is 0 Å². The van der Waals surface area contributed by atoms with Gasteiger partial charge in [0.05, 0.1) is 12.2 Å². The lowest BCUT2D eigenvalue weighted by molar-refractivity contribution is 0.0141. The fourth-order valence-electron chi connectivity index (χ4n) is 6.03. The summed E-state index contributed by atoms with van der Waals surface area (Å²) in [5.74, 6) is 0.768. The first-order valence-electron chi connectivity index (χ1n) is 16.2. The predicted octanol–water partition coefficient (Wildman–Crippen LogP) is 10.6. The quantitative estimate of drug-likeness (QED) is 0.118. The van der Waals surface area contributed by atoms with Crippen molar-refractivity contribution in [1.82, 2.24) is 0 Å². The van der Waals surface area contributed by atoms with Crippen LogP contribution in [0.25, 0.3) is 0 Å². The second-order valence-corrected chi connectivity index (χ2v) is 11.8. The summed E-state index contributed by atoms with van der Waals surface area (Å²) >= 11 is 0. The van der Waals surface area contributed by atoms with Gasteiger partial charge in [-0.3, -0.25) is 0 Å². The van der Waals surface area contributed by atoms with E-state index >= 15 is 0 Å². The lowest BCUT2D eigenvalue weighted by Gasteiger charge is -2.20. The van der Waals surface area contributed by atoms with E-state index in [0.29, 0.717) is 12.2 Å². The molecule has 0 saturated heterocycles. The Morgan fingerprint density at radius 3 is 1.74 bits per heavy atom. The summed E-state index contributed by atoms with van der Waals surface area (Å²) < 4.78 is 12.6. The molecule has 2 heteroatoms. The van der Waals surface area contributed by atoms with E-state index < -0.39 is 0 Å². The largest absolute Gasteiger partial charge is 0.378 e. The van der Waals surface area contributed by atoms with Gasteiger partial charge >= 0.3 is 0 Å². The number of unbranched alkanes of at least 4 members (excludes halogenated alkanes) is 15. The highest BCUT2D eigenvalue weighted by Crippen LogP contribution is 2.27. The Bertz CT molecular complexity index is 429. The minimum Gasteiger partial charge on any atom is -0.378 e. The molecule has 2 radical (unpaired) electrons. The second-order valence-electron chi connectivity index (χ2n) is 11.8. The smallest absolute Gasteiger partial charge is 0.0575 e. The monoisotopic (exact) mass is 490 g/mol. The van der Waals surface area contributed by atoms with Gasteiger partial charge in [-0.2, -0.15) is 0 Å². The molecule has 3 atom stereocenters. The Hall–Kier alpha value is -0.0800. The van der Waals surface area contributed by atoms with Crippen LogP contribution in [0.5, 0.6) is 0 Å². The van der Waals surface area contributed by atoms with Crippen LogP contribution < -0.4 is 0 Å². The fourth-order valence-corrected chi connectivity index (χ4v) is 6.03. The number of rotatable bonds is 21. The molecule has 0 aliphatic heterocycles. The van der Waals surface area contributed by atoms with E-state index in [1.807, 2.05) is 0 Å². The molecule has 0 spiro atoms. The van der Waals surface area contributed by atoms with Crippen molar-refractivity contribution in [2.75, 3.05) is 13.2 Å². The maximum atomic E-state index is 6.33. The summed E-state index contributed by atoms with van der Waals surface area (Å²) in [4.78, 5) is 0. The Morgan fingerprint density at radius 2 is 1.09 bits per heavy atom. The van der Waals surface area contributed by atoms with E-state index in [1.54, 1.807) is 0 Å². The van der Waals surface area contributed by atoms with Gasteiger partial charge in [0.1, 0.15) is 0 Å². The van der Waals surface area contributed by atoms with E-state index in [4.69, 9.17) is 9.47 Å². The van der Waals surface area contributed by atoms with Crippen molar-refractivity contribution >= 4 is 0 Å². The lowest BCUT2D eigenvalue weighted by Crippen LogP contribution is -2.18. The summed E-state index contributed by atoms with van der Waals surface area (Å²) in [5, 5.41) is 0. The molecule has 2 rings (SSSR count). The third kappa shape index (κ3) is 17.9. The Kier molecular flexibility index (Phi) is 20.5. The van der Waals surface area contributed by atoms with Gasteiger partial charge < -0.3 is 9.47 Å². The number of ether oxygens (including phenoxy) is 2. The molecule has 206 valence electrons. The molecule has 0 aromatic rings. The highest BCUT2D eigenvalue weighted by atomic mass is 16.5. The molecule has 35 heavy (non-hydrogen) atoms. The van der Waals surface area contributed by atoms with Crippen molar-refractivity contribution in [2.45, 2.75) is 179 Å². The standard InChI is InChI=1S/C33H62O2/c1-2-3-4-5-6-7-8-9-10-11-12-13-14-15-18-21-29-34-33-26-22-23-31(27-28-33)30-35-32-24-19-16-17-20-25-32/h16,31-33H,1-15,17-30H2. The zero-order valence-electron chi connectivity index (χ0n) is 23.6. The van der Waals surface area contributed by atoms with Crippen LogP contribution in [-0.4, -0.2) is 25.4 Å². The predicted molar refractivity (Wildman–Crippen MR) is 153 cm³/mol. The normalized spacial score (nSPS) is 22.2. The number of hydrogen-bond donors (Lipinski definition) is 0. The van der Waals surface area contributed by atoms with Gasteiger partial charge in [0, 0.05) is 13.2 Å². The topological polar surface area (TPSA) is 18.5 Å². The second kappa shape index (κ2) is 23.1. The molecule has 2 nitrogen and oxygen atoms in total. The molecular weight excluding hydrogens is 428 g/mol. The summed E-state index contributed by atoms with van der Waals surface area (Å²) in [6, 6.07) is 0. The third-order valence-corrected chi connectivity index (χ3v) is 8.48. The van der Waals surface area contributed by atoms with Crippen LogP contribution in [0.1, 0.15) is 167 Å². The zero-order valence-corrected chi connectivity index (χ0v) is 23.6. The summed E-state index contributed by atoms with van der Waals surface area (Å²) in [6.45, 7) is 5.90. The van der Waals surface area contributed by atoms with Crippen LogP contribution in [0, 0.1) is 19.3 Å². The average Bonchev–Trinajstić information content (AvgIpc) is 3.27. The summed E-state index contributed by atoms with van der Waals surface area (Å²) in [6.07, 6.45) is 38.7. The maximum Gasteiger partial charge on any atom is 0.0575 e. The SMILES string of the molecule is [CH2]CCCCCCCCCCCCCCCCCOC1CCCC(COC2CC[CH]CCC2)CC1. The van der Waals surface area contributed by atoms with Gasteiger partial charge in [0.25, 0.3) is 0 Å². The van der Waals surface area contributed by atoms with E-state index in [0.717, 1.165) is 25.6 Å². The van der Waals surface area contributed by atoms with Crippen molar-refractivity contribution in [3.63, 3.8) is 0 Å². The van der Waals surface area contributed by atoms with Crippen LogP contribution in [0.2, 0.25) is 0 Å². The van der Waals surface area contributed by atoms with Gasteiger partial charge in [-0.1, -0.05) is 122 Å². The van der Waals surface area contributed by atoms with Crippen molar-refractivity contribution in [3.05, 3.63) is 13.3 Å². The van der Waals surface area contributed by atoms with E-state index in [1.165, 1.54) is 161 Å². The molecule has 0 N–H and O–H groups in total. The van der Waals surface area contributed by atoms with E-state index in [9.17, 15) is 0 Å². The first-order chi connectivity index (χ1) is 17.4. The molecule has 0 amide bonds. The van der Waals surface area contributed by atoms with E-state index in [-0.39, 0.29) is 0 Å². The molecule has 2 saturated carbocycles. The minimum absolute atomic E-state index is 0.515. The molecule has 2 aliphatic rings. The van der Waals surface area contributed by atoms with Crippen LogP contribution in [0.4, 0.5) is 0 Å². The third-order valence-electron chi connectivity index (χ3n) is 8.48. The van der Waals surface area contributed by atoms with Gasteiger partial charge in [0.15, 0.2) is 0 Å². The van der Waals surface area contributed by atoms with Crippen molar-refractivity contribution in [1.29, 1.82) is 0 Å². The highest BCUT2D eigenvalue weighted by Gasteiger charge is 2.21. The van der Waals surface area contributed by atoms with Gasteiger partial charge in [0.2, 0.25) is 0 Å². The average molecular weight is 491 g/mol. The zero-order chi connectivity index (χ0) is 24.7. The van der Waals surface area contributed by atoms with Crippen molar-refractivity contribution in [2.24, 2.45) is 5.92 Å². The molecule has 0 aromatic carbocycles. The Labute approximate surface area is 221 Å². The Balaban J connectivity index is 1.31. The fraction of sp³-hybridized carbons (Fsp3) is 0.939. The minimum atomic E-state index is 0.515. The number of hydrogen-bond acceptors (Lipinski definition) is 2. The van der Waals surface area contributed by atoms with Gasteiger partial charge in [-0.05, 0) is 63.7 Å². The van der Waals surface area contributed by atoms with Crippen LogP contribution >= 0.6 is 0 Å². The molecule has 3 unspecified atom stereocenters. The molecular formula is C33H62O2. The lowest BCUT2D eigenvalue weighted by atomic mass is 10.0. The molecule has 0 aromatic heterocycles. The van der Waals surface area contributed by atoms with Crippen LogP contribution in [-0.2, 0) is 9.47 Å². The molecule has 2 aliphatic carbocycles. The van der Waals surface area contributed by atoms with Gasteiger partial charge in [-0.25, -0.2) is 0 Å².